The van der Waals surface area contributed by atoms with Crippen LogP contribution in [0, 0.1) is 11.2 Å². The van der Waals surface area contributed by atoms with Crippen LogP contribution >= 0.6 is 0 Å². The molecule has 1 aliphatic rings. The van der Waals surface area contributed by atoms with Gasteiger partial charge in [0, 0.05) is 38.2 Å². The van der Waals surface area contributed by atoms with Crippen molar-refractivity contribution in [2.45, 2.75) is 58.4 Å². The number of hydrogen-bond donors (Lipinski definition) is 2. The molecule has 2 N–H and O–H groups in total. The molecule has 0 atom stereocenters. The first kappa shape index (κ1) is 30.7. The maximum absolute atomic E-state index is 15.2. The van der Waals surface area contributed by atoms with Gasteiger partial charge in [0.05, 0.1) is 38.6 Å². The van der Waals surface area contributed by atoms with Crippen LogP contribution in [0.3, 0.4) is 0 Å². The molecule has 1 aliphatic heterocycles. The van der Waals surface area contributed by atoms with Crippen molar-refractivity contribution in [1.29, 1.82) is 5.41 Å². The number of amidine groups is 1. The molecule has 3 rings (SSSR count). The normalized spacial score (nSPS) is 12.8. The molecule has 2 aromatic carbocycles. The fraction of sp³-hybridized carbons (Fsp3) is 0.500. The van der Waals surface area contributed by atoms with Gasteiger partial charge in [-0.05, 0) is 48.4 Å². The molecule has 40 heavy (non-hydrogen) atoms. The summed E-state index contributed by atoms with van der Waals surface area (Å²) in [5.74, 6) is -0.895. The minimum absolute atomic E-state index is 0.0675. The van der Waals surface area contributed by atoms with Gasteiger partial charge in [-0.2, -0.15) is 0 Å². The van der Waals surface area contributed by atoms with Crippen LogP contribution in [0.25, 0.3) is 0 Å². The van der Waals surface area contributed by atoms with Crippen LogP contribution in [0.2, 0.25) is 0 Å². The van der Waals surface area contributed by atoms with E-state index in [1.165, 1.54) is 14.2 Å². The summed E-state index contributed by atoms with van der Waals surface area (Å²) in [6.07, 6.45) is 2.19. The van der Waals surface area contributed by atoms with Gasteiger partial charge in [0.25, 0.3) is 0 Å². The summed E-state index contributed by atoms with van der Waals surface area (Å²) < 4.78 is 31.8. The van der Waals surface area contributed by atoms with Crippen LogP contribution in [0.5, 0.6) is 17.2 Å². The predicted molar refractivity (Wildman–Crippen MR) is 152 cm³/mol. The molecule has 218 valence electrons. The number of rotatable bonds is 13. The molecule has 0 aromatic heterocycles. The van der Waals surface area contributed by atoms with Crippen molar-refractivity contribution in [3.8, 4) is 17.2 Å². The number of halogens is 1. The van der Waals surface area contributed by atoms with Crippen LogP contribution in [-0.2, 0) is 16.8 Å². The van der Waals surface area contributed by atoms with E-state index in [-0.39, 0.29) is 53.6 Å². The molecule has 0 saturated carbocycles. The molecule has 2 aromatic rings. The van der Waals surface area contributed by atoms with Crippen molar-refractivity contribution >= 4 is 23.3 Å². The zero-order chi connectivity index (χ0) is 29.8. The summed E-state index contributed by atoms with van der Waals surface area (Å²) in [6.45, 7) is 6.67. The summed E-state index contributed by atoms with van der Waals surface area (Å²) in [5, 5.41) is 17.4. The zero-order valence-electron chi connectivity index (χ0n) is 24.4. The lowest BCUT2D eigenvalue weighted by molar-refractivity contribution is -0.137. The Labute approximate surface area is 235 Å². The second kappa shape index (κ2) is 12.6. The minimum atomic E-state index is -0.802. The van der Waals surface area contributed by atoms with E-state index in [1.807, 2.05) is 45.8 Å². The summed E-state index contributed by atoms with van der Waals surface area (Å²) in [6, 6.07) is 5.28. The van der Waals surface area contributed by atoms with E-state index in [0.717, 1.165) is 17.7 Å². The quantitative estimate of drug-likeness (QED) is 0.254. The van der Waals surface area contributed by atoms with Gasteiger partial charge in [0.2, 0.25) is 0 Å². The van der Waals surface area contributed by atoms with E-state index in [1.54, 1.807) is 17.0 Å². The molecule has 0 saturated heterocycles. The molecule has 10 heteroatoms. The van der Waals surface area contributed by atoms with Crippen LogP contribution in [-0.4, -0.2) is 69.1 Å². The van der Waals surface area contributed by atoms with Crippen molar-refractivity contribution < 1.29 is 33.3 Å². The van der Waals surface area contributed by atoms with E-state index in [4.69, 9.17) is 24.7 Å². The van der Waals surface area contributed by atoms with Gasteiger partial charge in [-0.25, -0.2) is 4.39 Å². The molecule has 0 bridgehead atoms. The van der Waals surface area contributed by atoms with Crippen molar-refractivity contribution in [2.75, 3.05) is 46.4 Å². The molecule has 0 fully saturated rings. The number of fused-ring (bicyclic) bond motifs is 1. The average Bonchev–Trinajstić information content (AvgIpc) is 3.19. The third-order valence-corrected chi connectivity index (χ3v) is 6.90. The smallest absolute Gasteiger partial charge is 0.303 e. The Kier molecular flexibility index (Phi) is 9.65. The molecular formula is C30H40FN3O6. The number of aliphatic carboxylic acids is 1. The molecule has 0 aliphatic carbocycles. The highest BCUT2D eigenvalue weighted by atomic mass is 19.1. The molecular weight excluding hydrogens is 517 g/mol. The third kappa shape index (κ3) is 6.66. The zero-order valence-corrected chi connectivity index (χ0v) is 24.4. The topological polar surface area (TPSA) is 112 Å². The SMILES string of the molecule is COc1cc2c(c(F)c1OC)C(=N)N(CC(=O)c1cc(N(C)C)c(OCCCCCC(=O)O)c(C(C)(C)C)c1)C2. The first-order valence-corrected chi connectivity index (χ1v) is 13.3. The largest absolute Gasteiger partial charge is 0.493 e. The number of Topliss-reactive ketones (excluding diaryl/α,β-unsaturated/α-hetero) is 1. The van der Waals surface area contributed by atoms with Crippen molar-refractivity contribution in [3.05, 3.63) is 46.3 Å². The number of ketones is 1. The predicted octanol–water partition coefficient (Wildman–Crippen LogP) is 5.25. The molecule has 0 radical (unpaired) electrons. The average molecular weight is 558 g/mol. The van der Waals surface area contributed by atoms with Crippen molar-refractivity contribution in [3.63, 3.8) is 0 Å². The highest BCUT2D eigenvalue weighted by Gasteiger charge is 2.33. The van der Waals surface area contributed by atoms with E-state index >= 15 is 4.39 Å². The Bertz CT molecular complexity index is 1290. The Morgan fingerprint density at radius 1 is 1.07 bits per heavy atom. The summed E-state index contributed by atoms with van der Waals surface area (Å²) >= 11 is 0. The number of ether oxygens (including phenoxy) is 3. The Hall–Kier alpha value is -3.82. The number of anilines is 1. The first-order valence-electron chi connectivity index (χ1n) is 13.3. The van der Waals surface area contributed by atoms with Gasteiger partial charge in [-0.3, -0.25) is 15.0 Å². The number of methoxy groups -OCH3 is 2. The standard InChI is InChI=1S/C30H40FN3O6/c1-30(2,3)20-13-18(14-21(33(4)5)27(20)40-12-10-8-9-11-24(36)37)22(35)17-34-16-19-15-23(38-6)28(39-7)26(31)25(19)29(34)32/h13-15,32H,8-12,16-17H2,1-7H3,(H,36,37). The Morgan fingerprint density at radius 2 is 1.77 bits per heavy atom. The lowest BCUT2D eigenvalue weighted by Gasteiger charge is -2.28. The minimum Gasteiger partial charge on any atom is -0.493 e. The van der Waals surface area contributed by atoms with E-state index in [0.29, 0.717) is 36.3 Å². The van der Waals surface area contributed by atoms with Crippen molar-refractivity contribution in [1.82, 2.24) is 4.90 Å². The number of benzene rings is 2. The van der Waals surface area contributed by atoms with Crippen molar-refractivity contribution in [2.24, 2.45) is 0 Å². The van der Waals surface area contributed by atoms with Gasteiger partial charge < -0.3 is 29.1 Å². The van der Waals surface area contributed by atoms with Gasteiger partial charge in [-0.15, -0.1) is 0 Å². The second-order valence-electron chi connectivity index (χ2n) is 11.2. The van der Waals surface area contributed by atoms with Crippen LogP contribution in [0.1, 0.15) is 73.5 Å². The number of hydrogen-bond acceptors (Lipinski definition) is 7. The molecule has 9 nitrogen and oxygen atoms in total. The van der Waals surface area contributed by atoms with Crippen LogP contribution < -0.4 is 19.1 Å². The maximum atomic E-state index is 15.2. The number of nitrogens with zero attached hydrogens (tertiary/aromatic N) is 2. The fourth-order valence-corrected chi connectivity index (χ4v) is 4.77. The van der Waals surface area contributed by atoms with Gasteiger partial charge in [-0.1, -0.05) is 20.8 Å². The number of carboxylic acid groups (broad SMARTS) is 1. The van der Waals surface area contributed by atoms with E-state index < -0.39 is 11.8 Å². The van der Waals surface area contributed by atoms with Crippen LogP contribution in [0.4, 0.5) is 10.1 Å². The molecule has 1 heterocycles. The molecule has 0 amide bonds. The lowest BCUT2D eigenvalue weighted by atomic mass is 9.84. The monoisotopic (exact) mass is 557 g/mol. The Balaban J connectivity index is 1.86. The Morgan fingerprint density at radius 3 is 2.35 bits per heavy atom. The number of carbonyl (C=O) groups is 2. The number of carbonyl (C=O) groups excluding carboxylic acids is 1. The maximum Gasteiger partial charge on any atom is 0.303 e. The van der Waals surface area contributed by atoms with E-state index in [2.05, 4.69) is 0 Å². The lowest BCUT2D eigenvalue weighted by Crippen LogP contribution is -2.31. The highest BCUT2D eigenvalue weighted by Crippen LogP contribution is 2.41. The number of nitrogens with one attached hydrogen (secondary N) is 1. The summed E-state index contributed by atoms with van der Waals surface area (Å²) in [7, 11) is 6.53. The fourth-order valence-electron chi connectivity index (χ4n) is 4.77. The molecule has 0 unspecified atom stereocenters. The van der Waals surface area contributed by atoms with Gasteiger partial charge >= 0.3 is 5.97 Å². The van der Waals surface area contributed by atoms with Gasteiger partial charge in [0.15, 0.2) is 23.1 Å². The number of unbranched alkanes of at least 4 members (excludes halogenated alkanes) is 2. The second-order valence-corrected chi connectivity index (χ2v) is 11.2. The first-order chi connectivity index (χ1) is 18.8. The van der Waals surface area contributed by atoms with Gasteiger partial charge in [0.1, 0.15) is 11.6 Å². The molecule has 0 spiro atoms. The van der Waals surface area contributed by atoms with Crippen LogP contribution in [0.15, 0.2) is 18.2 Å². The summed E-state index contributed by atoms with van der Waals surface area (Å²) in [4.78, 5) is 27.8. The highest BCUT2D eigenvalue weighted by molar-refractivity contribution is 6.06. The van der Waals surface area contributed by atoms with E-state index in [9.17, 15) is 9.59 Å². The summed E-state index contributed by atoms with van der Waals surface area (Å²) in [5.41, 5.74) is 2.43. The third-order valence-electron chi connectivity index (χ3n) is 6.90. The number of carboxylic acids is 1.